The smallest absolute Gasteiger partial charge is 0.227 e. The van der Waals surface area contributed by atoms with E-state index >= 15 is 0 Å². The van der Waals surface area contributed by atoms with Crippen molar-refractivity contribution in [1.82, 2.24) is 4.98 Å². The highest BCUT2D eigenvalue weighted by molar-refractivity contribution is 6.21. The fourth-order valence-corrected chi connectivity index (χ4v) is 8.15. The Bertz CT molecular complexity index is 2960. The molecule has 1 aliphatic rings. The highest BCUT2D eigenvalue weighted by Gasteiger charge is 2.23. The van der Waals surface area contributed by atoms with Crippen molar-refractivity contribution >= 4 is 54.2 Å². The number of fused-ring (bicyclic) bond motifs is 9. The average molecular weight is 622 g/mol. The lowest BCUT2D eigenvalue weighted by Crippen LogP contribution is -1.88. The summed E-state index contributed by atoms with van der Waals surface area (Å²) in [5.74, 6) is 0.642. The molecule has 10 aromatic rings. The monoisotopic (exact) mass is 621 g/mol. The molecule has 0 aliphatic heterocycles. The highest BCUT2D eigenvalue weighted by Crippen LogP contribution is 2.50. The zero-order valence-electron chi connectivity index (χ0n) is 26.4. The van der Waals surface area contributed by atoms with Crippen molar-refractivity contribution in [3.05, 3.63) is 164 Å². The normalized spacial score (nSPS) is 12.1. The van der Waals surface area contributed by atoms with E-state index in [1.165, 1.54) is 71.4 Å². The molecule has 1 aromatic heterocycles. The third-order valence-electron chi connectivity index (χ3n) is 10.4. The lowest BCUT2D eigenvalue weighted by molar-refractivity contribution is 0.623. The second kappa shape index (κ2) is 10.00. The lowest BCUT2D eigenvalue weighted by Gasteiger charge is -2.15. The van der Waals surface area contributed by atoms with Gasteiger partial charge in [-0.3, -0.25) is 0 Å². The van der Waals surface area contributed by atoms with E-state index < -0.39 is 0 Å². The molecule has 0 bridgehead atoms. The van der Waals surface area contributed by atoms with Gasteiger partial charge in [0.05, 0.1) is 0 Å². The van der Waals surface area contributed by atoms with Gasteiger partial charge in [-0.1, -0.05) is 127 Å². The Morgan fingerprint density at radius 3 is 1.94 bits per heavy atom. The summed E-state index contributed by atoms with van der Waals surface area (Å²) in [6.07, 6.45) is 0. The second-order valence-electron chi connectivity index (χ2n) is 13.1. The molecule has 0 radical (unpaired) electrons. The van der Waals surface area contributed by atoms with Crippen molar-refractivity contribution in [3.63, 3.8) is 0 Å². The number of hydrogen-bond donors (Lipinski definition) is 0. The predicted octanol–water partition coefficient (Wildman–Crippen LogP) is 13.1. The van der Waals surface area contributed by atoms with Crippen molar-refractivity contribution < 1.29 is 4.42 Å². The van der Waals surface area contributed by atoms with Gasteiger partial charge in [0.15, 0.2) is 5.58 Å². The maximum Gasteiger partial charge on any atom is 0.227 e. The van der Waals surface area contributed by atoms with E-state index in [-0.39, 0.29) is 0 Å². The molecule has 2 nitrogen and oxygen atoms in total. The molecular weight excluding hydrogens is 595 g/mol. The Hall–Kier alpha value is -6.51. The highest BCUT2D eigenvalue weighted by atomic mass is 16.3. The minimum absolute atomic E-state index is 0.642. The van der Waals surface area contributed by atoms with Gasteiger partial charge in [-0.2, -0.15) is 0 Å². The number of oxazole rings is 1. The minimum Gasteiger partial charge on any atom is -0.435 e. The van der Waals surface area contributed by atoms with Gasteiger partial charge in [0.25, 0.3) is 0 Å². The van der Waals surface area contributed by atoms with Gasteiger partial charge >= 0.3 is 0 Å². The van der Waals surface area contributed by atoms with E-state index in [4.69, 9.17) is 9.40 Å². The first kappa shape index (κ1) is 26.5. The van der Waals surface area contributed by atoms with Crippen molar-refractivity contribution in [1.29, 1.82) is 0 Å². The SMILES string of the molecule is c1ccc(-c2nc3ccc4ccc5ccc(-c6cc(-c7ccc8c9c(cccc79)-c7ccccc7-8)c7ccccc7c6)cc5c4c3o2)cc1. The first-order chi connectivity index (χ1) is 24.3. The van der Waals surface area contributed by atoms with Crippen LogP contribution in [0.4, 0.5) is 0 Å². The Labute approximate surface area is 282 Å². The average Bonchev–Trinajstić information content (AvgIpc) is 3.75. The lowest BCUT2D eigenvalue weighted by atomic mass is 9.88. The summed E-state index contributed by atoms with van der Waals surface area (Å²) in [5.41, 5.74) is 12.8. The Balaban J connectivity index is 1.14. The van der Waals surface area contributed by atoms with Gasteiger partial charge in [0.2, 0.25) is 5.89 Å². The largest absolute Gasteiger partial charge is 0.435 e. The fraction of sp³-hybridized carbons (Fsp3) is 0. The summed E-state index contributed by atoms with van der Waals surface area (Å²) in [4.78, 5) is 4.89. The number of rotatable bonds is 3. The van der Waals surface area contributed by atoms with Crippen molar-refractivity contribution in [2.24, 2.45) is 0 Å². The first-order valence-corrected chi connectivity index (χ1v) is 16.8. The Morgan fingerprint density at radius 1 is 0.347 bits per heavy atom. The molecule has 0 saturated carbocycles. The van der Waals surface area contributed by atoms with Crippen LogP contribution in [-0.2, 0) is 0 Å². The van der Waals surface area contributed by atoms with Gasteiger partial charge in [-0.15, -0.1) is 0 Å². The number of aromatic nitrogens is 1. The standard InChI is InChI=1S/C47H27NO/c1-2-9-30(10-3-1)47-48-43-24-21-29-19-17-28-18-20-31(26-41(28)44(29)46(43)49-47)33-25-32-11-4-5-12-34(32)42(27-33)37-22-23-40-36-14-7-6-13-35(36)38-15-8-16-39(37)45(38)40/h1-27H. The molecule has 2 heteroatoms. The molecule has 11 rings (SSSR count). The summed E-state index contributed by atoms with van der Waals surface area (Å²) in [6.45, 7) is 0. The summed E-state index contributed by atoms with van der Waals surface area (Å²) in [5, 5.41) is 9.69. The molecule has 0 saturated heterocycles. The van der Waals surface area contributed by atoms with E-state index in [9.17, 15) is 0 Å². The van der Waals surface area contributed by atoms with Crippen LogP contribution in [0.3, 0.4) is 0 Å². The molecule has 0 fully saturated rings. The summed E-state index contributed by atoms with van der Waals surface area (Å²) < 4.78 is 6.53. The van der Waals surface area contributed by atoms with Crippen LogP contribution in [0, 0.1) is 0 Å². The summed E-state index contributed by atoms with van der Waals surface area (Å²) >= 11 is 0. The minimum atomic E-state index is 0.642. The summed E-state index contributed by atoms with van der Waals surface area (Å²) in [6, 6.07) is 59.3. The number of hydrogen-bond acceptors (Lipinski definition) is 2. The van der Waals surface area contributed by atoms with Crippen molar-refractivity contribution in [2.75, 3.05) is 0 Å². The molecular formula is C47H27NO. The zero-order chi connectivity index (χ0) is 32.1. The first-order valence-electron chi connectivity index (χ1n) is 16.8. The third-order valence-corrected chi connectivity index (χ3v) is 10.4. The van der Waals surface area contributed by atoms with E-state index in [0.717, 1.165) is 32.8 Å². The maximum absolute atomic E-state index is 6.53. The topological polar surface area (TPSA) is 26.0 Å². The zero-order valence-corrected chi connectivity index (χ0v) is 26.4. The van der Waals surface area contributed by atoms with Crippen molar-refractivity contribution in [3.8, 4) is 56.0 Å². The molecule has 9 aromatic carbocycles. The van der Waals surface area contributed by atoms with Gasteiger partial charge < -0.3 is 4.42 Å². The van der Waals surface area contributed by atoms with Gasteiger partial charge in [0, 0.05) is 10.9 Å². The van der Waals surface area contributed by atoms with Crippen LogP contribution in [0.2, 0.25) is 0 Å². The van der Waals surface area contributed by atoms with E-state index in [1.54, 1.807) is 0 Å². The number of nitrogens with zero attached hydrogens (tertiary/aromatic N) is 1. The Morgan fingerprint density at radius 2 is 1.04 bits per heavy atom. The summed E-state index contributed by atoms with van der Waals surface area (Å²) in [7, 11) is 0. The van der Waals surface area contributed by atoms with Crippen LogP contribution in [0.5, 0.6) is 0 Å². The van der Waals surface area contributed by atoms with Gasteiger partial charge in [0.1, 0.15) is 5.52 Å². The van der Waals surface area contributed by atoms with Crippen LogP contribution in [0.1, 0.15) is 0 Å². The molecule has 0 N–H and O–H groups in total. The van der Waals surface area contributed by atoms with E-state index in [1.807, 2.05) is 30.3 Å². The Kier molecular flexibility index (Phi) is 5.42. The maximum atomic E-state index is 6.53. The second-order valence-corrected chi connectivity index (χ2v) is 13.1. The molecule has 1 heterocycles. The van der Waals surface area contributed by atoms with E-state index in [2.05, 4.69) is 133 Å². The van der Waals surface area contributed by atoms with Crippen molar-refractivity contribution in [2.45, 2.75) is 0 Å². The number of benzene rings is 9. The van der Waals surface area contributed by atoms with Gasteiger partial charge in [-0.05, 0) is 119 Å². The van der Waals surface area contributed by atoms with E-state index in [0.29, 0.717) is 5.89 Å². The molecule has 0 amide bonds. The quantitative estimate of drug-likeness (QED) is 0.183. The van der Waals surface area contributed by atoms with Crippen LogP contribution in [0.15, 0.2) is 168 Å². The molecule has 0 unspecified atom stereocenters. The van der Waals surface area contributed by atoms with Crippen LogP contribution < -0.4 is 0 Å². The molecule has 226 valence electrons. The van der Waals surface area contributed by atoms with Crippen LogP contribution in [-0.4, -0.2) is 4.98 Å². The molecule has 0 spiro atoms. The van der Waals surface area contributed by atoms with Gasteiger partial charge in [-0.25, -0.2) is 4.98 Å². The molecule has 1 aliphatic carbocycles. The fourth-order valence-electron chi connectivity index (χ4n) is 8.15. The van der Waals surface area contributed by atoms with Crippen LogP contribution >= 0.6 is 0 Å². The predicted molar refractivity (Wildman–Crippen MR) is 205 cm³/mol. The molecule has 0 atom stereocenters. The third kappa shape index (κ3) is 3.86. The molecule has 49 heavy (non-hydrogen) atoms. The van der Waals surface area contributed by atoms with Crippen LogP contribution in [0.25, 0.3) is 110 Å².